The van der Waals surface area contributed by atoms with Gasteiger partial charge in [0.05, 0.1) is 0 Å². The lowest BCUT2D eigenvalue weighted by molar-refractivity contribution is -0.167. The molecule has 6 nitrogen and oxygen atoms in total. The predicted octanol–water partition coefficient (Wildman–Crippen LogP) is 23.9. The van der Waals surface area contributed by atoms with Crippen LogP contribution in [0.3, 0.4) is 0 Å². The van der Waals surface area contributed by atoms with Crippen LogP contribution in [0.25, 0.3) is 0 Å². The zero-order chi connectivity index (χ0) is 57.1. The summed E-state index contributed by atoms with van der Waals surface area (Å²) < 4.78 is 16.9. The van der Waals surface area contributed by atoms with Crippen LogP contribution in [0.1, 0.15) is 367 Å². The molecular formula is C73H132O6. The molecule has 0 aromatic carbocycles. The monoisotopic (exact) mass is 1110 g/mol. The van der Waals surface area contributed by atoms with Crippen LogP contribution in [-0.2, 0) is 28.6 Å². The standard InChI is InChI=1S/C73H132O6/c1-4-7-10-13-16-19-22-24-26-28-30-32-34-36-38-39-41-43-45-47-49-51-54-57-60-63-66-72(75)78-69-70(68-77-71(74)65-62-59-56-53-21-18-15-12-9-6-3)79-73(76)67-64-61-58-55-52-50-48-46-44-42-40-37-35-33-31-29-27-25-23-20-17-14-11-8-5-2/h8,11-12,15,17,20,25,27,31,33,70H,4-7,9-10,13-14,16,18-19,21-24,26,28-30,32,34-69H2,1-3H3/b11-8-,15-12-,20-17-,27-25-,33-31-. The molecule has 0 aliphatic rings. The quantitative estimate of drug-likeness (QED) is 0.0261. The van der Waals surface area contributed by atoms with E-state index in [4.69, 9.17) is 14.2 Å². The molecule has 1 atom stereocenters. The normalized spacial score (nSPS) is 12.4. The van der Waals surface area contributed by atoms with Crippen LogP contribution < -0.4 is 0 Å². The fourth-order valence-electron chi connectivity index (χ4n) is 10.3. The van der Waals surface area contributed by atoms with Gasteiger partial charge in [0, 0.05) is 19.3 Å². The summed E-state index contributed by atoms with van der Waals surface area (Å²) in [6, 6.07) is 0. The fraction of sp³-hybridized carbons (Fsp3) is 0.822. The number of carbonyl (C=O) groups excluding carboxylic acids is 3. The van der Waals surface area contributed by atoms with Gasteiger partial charge in [0.15, 0.2) is 6.10 Å². The molecule has 0 bridgehead atoms. The van der Waals surface area contributed by atoms with Gasteiger partial charge in [0.2, 0.25) is 0 Å². The Balaban J connectivity index is 4.16. The van der Waals surface area contributed by atoms with E-state index in [2.05, 4.69) is 81.5 Å². The van der Waals surface area contributed by atoms with Crippen molar-refractivity contribution in [2.45, 2.75) is 374 Å². The Morgan fingerprint density at radius 1 is 0.266 bits per heavy atom. The zero-order valence-electron chi connectivity index (χ0n) is 52.9. The number of carbonyl (C=O) groups is 3. The summed E-state index contributed by atoms with van der Waals surface area (Å²) in [6.45, 7) is 6.52. The van der Waals surface area contributed by atoms with E-state index >= 15 is 0 Å². The average molecular weight is 1110 g/mol. The molecule has 0 spiro atoms. The molecule has 0 rings (SSSR count). The van der Waals surface area contributed by atoms with Gasteiger partial charge in [-0.05, 0) is 77.0 Å². The molecule has 0 heterocycles. The fourth-order valence-corrected chi connectivity index (χ4v) is 10.3. The summed E-state index contributed by atoms with van der Waals surface area (Å²) in [5, 5.41) is 0. The molecule has 0 saturated heterocycles. The maximum absolute atomic E-state index is 12.9. The van der Waals surface area contributed by atoms with Gasteiger partial charge in [-0.2, -0.15) is 0 Å². The molecule has 0 aliphatic carbocycles. The average Bonchev–Trinajstić information content (AvgIpc) is 3.45. The van der Waals surface area contributed by atoms with E-state index in [0.717, 1.165) is 96.3 Å². The van der Waals surface area contributed by atoms with E-state index in [0.29, 0.717) is 19.3 Å². The van der Waals surface area contributed by atoms with Crippen LogP contribution in [-0.4, -0.2) is 37.2 Å². The summed E-state index contributed by atoms with van der Waals surface area (Å²) >= 11 is 0. The molecule has 0 aliphatic heterocycles. The van der Waals surface area contributed by atoms with Crippen LogP contribution in [0.2, 0.25) is 0 Å². The Bertz CT molecular complexity index is 1410. The first kappa shape index (κ1) is 76.1. The highest BCUT2D eigenvalue weighted by molar-refractivity contribution is 5.71. The molecule has 0 aromatic heterocycles. The molecule has 0 aromatic rings. The van der Waals surface area contributed by atoms with Gasteiger partial charge in [0.25, 0.3) is 0 Å². The molecule has 79 heavy (non-hydrogen) atoms. The van der Waals surface area contributed by atoms with Crippen molar-refractivity contribution >= 4 is 17.9 Å². The van der Waals surface area contributed by atoms with Crippen molar-refractivity contribution in [1.82, 2.24) is 0 Å². The zero-order valence-corrected chi connectivity index (χ0v) is 52.9. The lowest BCUT2D eigenvalue weighted by atomic mass is 10.0. The van der Waals surface area contributed by atoms with E-state index in [9.17, 15) is 14.4 Å². The topological polar surface area (TPSA) is 78.9 Å². The summed E-state index contributed by atoms with van der Waals surface area (Å²) in [4.78, 5) is 38.3. The minimum absolute atomic E-state index is 0.0734. The Morgan fingerprint density at radius 2 is 0.519 bits per heavy atom. The number of hydrogen-bond acceptors (Lipinski definition) is 6. The van der Waals surface area contributed by atoms with Gasteiger partial charge < -0.3 is 14.2 Å². The van der Waals surface area contributed by atoms with Crippen molar-refractivity contribution in [3.8, 4) is 0 Å². The second kappa shape index (κ2) is 67.6. The Morgan fingerprint density at radius 3 is 0.835 bits per heavy atom. The number of unbranched alkanes of at least 4 members (excludes halogenated alkanes) is 43. The van der Waals surface area contributed by atoms with Crippen molar-refractivity contribution in [1.29, 1.82) is 0 Å². The summed E-state index contributed by atoms with van der Waals surface area (Å²) in [7, 11) is 0. The number of allylic oxidation sites excluding steroid dienone is 10. The lowest BCUT2D eigenvalue weighted by Gasteiger charge is -2.18. The maximum Gasteiger partial charge on any atom is 0.306 e. The van der Waals surface area contributed by atoms with Gasteiger partial charge in [-0.25, -0.2) is 0 Å². The molecule has 0 amide bonds. The Labute approximate surface area is 491 Å². The highest BCUT2D eigenvalue weighted by Crippen LogP contribution is 2.18. The minimum Gasteiger partial charge on any atom is -0.462 e. The second-order valence-electron chi connectivity index (χ2n) is 23.4. The van der Waals surface area contributed by atoms with Gasteiger partial charge in [-0.1, -0.05) is 332 Å². The van der Waals surface area contributed by atoms with Crippen molar-refractivity contribution in [3.05, 3.63) is 60.8 Å². The summed E-state index contributed by atoms with van der Waals surface area (Å²) in [5.74, 6) is -0.865. The smallest absolute Gasteiger partial charge is 0.306 e. The van der Waals surface area contributed by atoms with Crippen molar-refractivity contribution in [2.24, 2.45) is 0 Å². The van der Waals surface area contributed by atoms with Crippen molar-refractivity contribution in [3.63, 3.8) is 0 Å². The molecule has 0 saturated carbocycles. The van der Waals surface area contributed by atoms with Crippen molar-refractivity contribution in [2.75, 3.05) is 13.2 Å². The summed E-state index contributed by atoms with van der Waals surface area (Å²) in [5.41, 5.74) is 0. The van der Waals surface area contributed by atoms with E-state index < -0.39 is 6.10 Å². The van der Waals surface area contributed by atoms with Crippen LogP contribution in [0.5, 0.6) is 0 Å². The third-order valence-electron chi connectivity index (χ3n) is 15.5. The maximum atomic E-state index is 12.9. The van der Waals surface area contributed by atoms with Gasteiger partial charge >= 0.3 is 17.9 Å². The van der Waals surface area contributed by atoms with Crippen LogP contribution in [0.15, 0.2) is 60.8 Å². The van der Waals surface area contributed by atoms with E-state index in [1.54, 1.807) is 0 Å². The lowest BCUT2D eigenvalue weighted by Crippen LogP contribution is -2.30. The summed E-state index contributed by atoms with van der Waals surface area (Å²) in [6.07, 6.45) is 86.9. The highest BCUT2D eigenvalue weighted by Gasteiger charge is 2.19. The number of ether oxygens (including phenoxy) is 3. The highest BCUT2D eigenvalue weighted by atomic mass is 16.6. The van der Waals surface area contributed by atoms with Gasteiger partial charge in [0.1, 0.15) is 13.2 Å². The molecule has 460 valence electrons. The second-order valence-corrected chi connectivity index (χ2v) is 23.4. The van der Waals surface area contributed by atoms with Crippen LogP contribution in [0, 0.1) is 0 Å². The first-order valence-corrected chi connectivity index (χ1v) is 34.8. The third kappa shape index (κ3) is 65.8. The molecule has 6 heteroatoms. The molecule has 1 unspecified atom stereocenters. The SMILES string of the molecule is CC/C=C\C/C=C\C/C=C\C/C=C\CCCCCCCCCCCCCCC(=O)OC(COC(=O)CCCCCCC/C=C\CCC)COC(=O)CCCCCCCCCCCCCCCCCCCCCCCCCCCC. The van der Waals surface area contributed by atoms with Gasteiger partial charge in [-0.15, -0.1) is 0 Å². The Hall–Kier alpha value is -2.89. The first-order chi connectivity index (χ1) is 39.0. The first-order valence-electron chi connectivity index (χ1n) is 34.8. The molecule has 0 radical (unpaired) electrons. The van der Waals surface area contributed by atoms with Gasteiger partial charge in [-0.3, -0.25) is 14.4 Å². The number of hydrogen-bond donors (Lipinski definition) is 0. The Kier molecular flexibility index (Phi) is 65.1. The molecule has 0 fully saturated rings. The van der Waals surface area contributed by atoms with Crippen LogP contribution >= 0.6 is 0 Å². The number of esters is 3. The van der Waals surface area contributed by atoms with Crippen LogP contribution in [0.4, 0.5) is 0 Å². The predicted molar refractivity (Wildman–Crippen MR) is 344 cm³/mol. The number of rotatable bonds is 64. The van der Waals surface area contributed by atoms with E-state index in [1.165, 1.54) is 231 Å². The molecule has 0 N–H and O–H groups in total. The van der Waals surface area contributed by atoms with E-state index in [1.807, 2.05) is 0 Å². The minimum atomic E-state index is -0.777. The van der Waals surface area contributed by atoms with Crippen molar-refractivity contribution < 1.29 is 28.6 Å². The third-order valence-corrected chi connectivity index (χ3v) is 15.5. The largest absolute Gasteiger partial charge is 0.462 e. The van der Waals surface area contributed by atoms with E-state index in [-0.39, 0.29) is 31.1 Å². The molecular weight excluding hydrogens is 973 g/mol.